The molecule has 0 saturated heterocycles. The zero-order valence-electron chi connectivity index (χ0n) is 8.61. The van der Waals surface area contributed by atoms with Gasteiger partial charge in [0.15, 0.2) is 5.78 Å². The Kier molecular flexibility index (Phi) is 3.24. The van der Waals surface area contributed by atoms with Gasteiger partial charge in [0.25, 0.3) is 11.8 Å². The lowest BCUT2D eigenvalue weighted by Gasteiger charge is -2.09. The first-order valence-corrected chi connectivity index (χ1v) is 4.43. The van der Waals surface area contributed by atoms with Gasteiger partial charge >= 0.3 is 0 Å². The van der Waals surface area contributed by atoms with Crippen molar-refractivity contribution < 1.29 is 14.4 Å². The summed E-state index contributed by atoms with van der Waals surface area (Å²) in [6.07, 6.45) is 4.26. The molecule has 0 spiro atoms. The van der Waals surface area contributed by atoms with E-state index in [0.29, 0.717) is 0 Å². The Morgan fingerprint density at radius 2 is 1.81 bits per heavy atom. The quantitative estimate of drug-likeness (QED) is 0.557. The standard InChI is InChI=1S/C10H11N3O3/c1-5(14)6-3-2-4-13-8(10(12)16)7(6)9(11)15/h2-4,13H,1H3,(H2,11,15)(H2,12,16). The first-order chi connectivity index (χ1) is 7.45. The van der Waals surface area contributed by atoms with E-state index in [1.54, 1.807) is 0 Å². The molecule has 0 unspecified atom stereocenters. The van der Waals surface area contributed by atoms with Crippen LogP contribution in [0.15, 0.2) is 35.2 Å². The van der Waals surface area contributed by atoms with Crippen LogP contribution in [0.5, 0.6) is 0 Å². The van der Waals surface area contributed by atoms with E-state index in [0.717, 1.165) is 0 Å². The van der Waals surface area contributed by atoms with E-state index < -0.39 is 11.8 Å². The zero-order chi connectivity index (χ0) is 12.3. The van der Waals surface area contributed by atoms with Gasteiger partial charge in [-0.25, -0.2) is 0 Å². The lowest BCUT2D eigenvalue weighted by molar-refractivity contribution is -0.118. The Morgan fingerprint density at radius 3 is 2.25 bits per heavy atom. The van der Waals surface area contributed by atoms with Crippen molar-refractivity contribution in [1.29, 1.82) is 0 Å². The smallest absolute Gasteiger partial charge is 0.265 e. The van der Waals surface area contributed by atoms with Crippen LogP contribution in [0.25, 0.3) is 0 Å². The van der Waals surface area contributed by atoms with Crippen LogP contribution in [0, 0.1) is 0 Å². The molecule has 0 aromatic rings. The van der Waals surface area contributed by atoms with Crippen LogP contribution in [-0.4, -0.2) is 17.6 Å². The average Bonchev–Trinajstić information content (AvgIpc) is 2.38. The van der Waals surface area contributed by atoms with Gasteiger partial charge in [0.2, 0.25) is 0 Å². The van der Waals surface area contributed by atoms with Crippen LogP contribution >= 0.6 is 0 Å². The third-order valence-electron chi connectivity index (χ3n) is 1.98. The number of primary amides is 2. The van der Waals surface area contributed by atoms with Crippen molar-refractivity contribution in [3.8, 4) is 0 Å². The molecule has 0 aromatic carbocycles. The van der Waals surface area contributed by atoms with Gasteiger partial charge in [-0.15, -0.1) is 0 Å². The SMILES string of the molecule is CC(=O)C1=CC=CNC(C(N)=O)=C1C(N)=O. The molecule has 1 rings (SSSR count). The summed E-state index contributed by atoms with van der Waals surface area (Å²) in [7, 11) is 0. The Labute approximate surface area is 91.7 Å². The first-order valence-electron chi connectivity index (χ1n) is 4.43. The summed E-state index contributed by atoms with van der Waals surface area (Å²) in [5.74, 6) is -2.11. The number of carbonyl (C=O) groups excluding carboxylic acids is 3. The predicted molar refractivity (Wildman–Crippen MR) is 56.5 cm³/mol. The van der Waals surface area contributed by atoms with Crippen LogP contribution in [-0.2, 0) is 14.4 Å². The van der Waals surface area contributed by atoms with Gasteiger partial charge in [0.05, 0.1) is 5.57 Å². The molecule has 0 fully saturated rings. The molecule has 1 aliphatic rings. The third kappa shape index (κ3) is 2.17. The Hall–Kier alpha value is -2.37. The van der Waals surface area contributed by atoms with Gasteiger partial charge in [-0.3, -0.25) is 14.4 Å². The van der Waals surface area contributed by atoms with Crippen molar-refractivity contribution in [1.82, 2.24) is 5.32 Å². The molecule has 0 aliphatic carbocycles. The largest absolute Gasteiger partial charge is 0.366 e. The monoisotopic (exact) mass is 221 g/mol. The van der Waals surface area contributed by atoms with Crippen LogP contribution in [0.3, 0.4) is 0 Å². The molecule has 1 aliphatic heterocycles. The van der Waals surface area contributed by atoms with Crippen molar-refractivity contribution in [3.05, 3.63) is 35.2 Å². The molecule has 84 valence electrons. The van der Waals surface area contributed by atoms with Crippen molar-refractivity contribution in [2.24, 2.45) is 11.5 Å². The topological polar surface area (TPSA) is 115 Å². The van der Waals surface area contributed by atoms with Crippen LogP contribution in [0.4, 0.5) is 0 Å². The summed E-state index contributed by atoms with van der Waals surface area (Å²) in [6.45, 7) is 1.27. The number of allylic oxidation sites excluding steroid dienone is 2. The number of rotatable bonds is 3. The molecule has 0 bridgehead atoms. The molecule has 6 nitrogen and oxygen atoms in total. The Morgan fingerprint density at radius 1 is 1.19 bits per heavy atom. The minimum absolute atomic E-state index is 0.0579. The number of hydrogen-bond acceptors (Lipinski definition) is 4. The van der Waals surface area contributed by atoms with Crippen LogP contribution in [0.2, 0.25) is 0 Å². The molecule has 0 saturated carbocycles. The molecule has 5 N–H and O–H groups in total. The highest BCUT2D eigenvalue weighted by Crippen LogP contribution is 2.17. The minimum atomic E-state index is -0.883. The first kappa shape index (κ1) is 11.7. The van der Waals surface area contributed by atoms with E-state index in [2.05, 4.69) is 5.32 Å². The summed E-state index contributed by atoms with van der Waals surface area (Å²) in [6, 6.07) is 0. The maximum atomic E-state index is 11.3. The number of carbonyl (C=O) groups is 3. The number of Topliss-reactive ketones (excluding diaryl/α,β-unsaturated/α-hetero) is 1. The fourth-order valence-corrected chi connectivity index (χ4v) is 1.31. The van der Waals surface area contributed by atoms with Gasteiger partial charge in [-0.05, 0) is 19.1 Å². The Bertz CT molecular complexity index is 458. The maximum Gasteiger partial charge on any atom is 0.265 e. The number of nitrogens with one attached hydrogen (secondary N) is 1. The number of amides is 2. The summed E-state index contributed by atoms with van der Waals surface area (Å²) >= 11 is 0. The second-order valence-corrected chi connectivity index (χ2v) is 3.12. The fourth-order valence-electron chi connectivity index (χ4n) is 1.31. The maximum absolute atomic E-state index is 11.3. The van der Waals surface area contributed by atoms with E-state index in [1.165, 1.54) is 25.3 Å². The van der Waals surface area contributed by atoms with Crippen molar-refractivity contribution >= 4 is 17.6 Å². The predicted octanol–water partition coefficient (Wildman–Crippen LogP) is -1.16. The number of hydrogen-bond donors (Lipinski definition) is 3. The highest BCUT2D eigenvalue weighted by molar-refractivity contribution is 6.15. The fraction of sp³-hybridized carbons (Fsp3) is 0.100. The lowest BCUT2D eigenvalue weighted by Crippen LogP contribution is -2.30. The zero-order valence-corrected chi connectivity index (χ0v) is 8.61. The lowest BCUT2D eigenvalue weighted by atomic mass is 9.99. The molecule has 2 amide bonds. The van der Waals surface area contributed by atoms with Crippen LogP contribution < -0.4 is 16.8 Å². The Balaban J connectivity index is 3.46. The molecule has 6 heteroatoms. The molecule has 0 aromatic heterocycles. The highest BCUT2D eigenvalue weighted by atomic mass is 16.2. The van der Waals surface area contributed by atoms with E-state index in [9.17, 15) is 14.4 Å². The van der Waals surface area contributed by atoms with Gasteiger partial charge in [-0.2, -0.15) is 0 Å². The van der Waals surface area contributed by atoms with Gasteiger partial charge < -0.3 is 16.8 Å². The van der Waals surface area contributed by atoms with Crippen LogP contribution in [0.1, 0.15) is 6.92 Å². The van der Waals surface area contributed by atoms with Crippen molar-refractivity contribution in [2.75, 3.05) is 0 Å². The molecule has 0 atom stereocenters. The van der Waals surface area contributed by atoms with Gasteiger partial charge in [0.1, 0.15) is 5.70 Å². The van der Waals surface area contributed by atoms with E-state index in [4.69, 9.17) is 11.5 Å². The molecule has 1 heterocycles. The summed E-state index contributed by atoms with van der Waals surface area (Å²) in [5, 5.41) is 2.52. The number of nitrogens with two attached hydrogens (primary N) is 2. The minimum Gasteiger partial charge on any atom is -0.366 e. The molecule has 16 heavy (non-hydrogen) atoms. The third-order valence-corrected chi connectivity index (χ3v) is 1.98. The summed E-state index contributed by atoms with van der Waals surface area (Å²) < 4.78 is 0. The van der Waals surface area contributed by atoms with Crippen molar-refractivity contribution in [2.45, 2.75) is 6.92 Å². The van der Waals surface area contributed by atoms with Gasteiger partial charge in [0, 0.05) is 11.8 Å². The highest BCUT2D eigenvalue weighted by Gasteiger charge is 2.23. The van der Waals surface area contributed by atoms with E-state index in [1.807, 2.05) is 0 Å². The summed E-state index contributed by atoms with van der Waals surface area (Å²) in [5.41, 5.74) is 9.91. The average molecular weight is 221 g/mol. The van der Waals surface area contributed by atoms with E-state index in [-0.39, 0.29) is 22.6 Å². The summed E-state index contributed by atoms with van der Waals surface area (Å²) in [4.78, 5) is 33.7. The molecule has 0 radical (unpaired) electrons. The molecular formula is C10H11N3O3. The second-order valence-electron chi connectivity index (χ2n) is 3.12. The van der Waals surface area contributed by atoms with E-state index >= 15 is 0 Å². The molecular weight excluding hydrogens is 210 g/mol. The van der Waals surface area contributed by atoms with Gasteiger partial charge in [-0.1, -0.05) is 0 Å². The normalized spacial score (nSPS) is 14.9. The second kappa shape index (κ2) is 4.43. The van der Waals surface area contributed by atoms with Crippen molar-refractivity contribution in [3.63, 3.8) is 0 Å². The number of ketones is 1.